The van der Waals surface area contributed by atoms with Gasteiger partial charge >= 0.3 is 20.1 Å². The van der Waals surface area contributed by atoms with E-state index in [1.807, 2.05) is 97.3 Å². The van der Waals surface area contributed by atoms with Crippen LogP contribution in [0.15, 0.2) is 133 Å². The standard InChI is InChI=1S/2C15H10N.C5H8O2.CH3.Ir/c2*1-2-7-13(8-3-1)15-14-9-5-4-6-12(14)10-11-16-15;1-4(6)3-5(2)7;;/h2*1-7,9-11H;3,6H,1-2H3;1H3;/q2*-1;;-1;+3/b;;4-3-;;. The van der Waals surface area contributed by atoms with Crippen molar-refractivity contribution in [2.45, 2.75) is 13.8 Å². The SMILES string of the molecule is CC(=O)/C=C(/C)O.[CH3-].[Ir+3].[c-]1ccccc1-c1nccc2ccccc12.[c-]1ccccc1-c1nccc2ccccc12. The number of hydrogen-bond acceptors (Lipinski definition) is 4. The van der Waals surface area contributed by atoms with Crippen LogP contribution in [-0.2, 0) is 24.9 Å². The minimum absolute atomic E-state index is 0. The first kappa shape index (κ1) is 32.8. The third-order valence-corrected chi connectivity index (χ3v) is 5.69. The second-order valence-electron chi connectivity index (χ2n) is 8.71. The Bertz CT molecular complexity index is 1570. The number of hydrogen-bond donors (Lipinski definition) is 1. The van der Waals surface area contributed by atoms with E-state index in [1.54, 1.807) is 0 Å². The molecule has 0 saturated carbocycles. The Labute approximate surface area is 255 Å². The molecule has 0 atom stereocenters. The summed E-state index contributed by atoms with van der Waals surface area (Å²) < 4.78 is 0. The summed E-state index contributed by atoms with van der Waals surface area (Å²) in [4.78, 5) is 18.9. The molecule has 206 valence electrons. The molecule has 0 spiro atoms. The van der Waals surface area contributed by atoms with Gasteiger partial charge in [-0.2, -0.15) is 0 Å². The normalized spacial score (nSPS) is 10.1. The van der Waals surface area contributed by atoms with Gasteiger partial charge in [-0.3, -0.25) is 4.79 Å². The number of nitrogens with zero attached hydrogens (tertiary/aromatic N) is 2. The fourth-order valence-electron chi connectivity index (χ4n) is 4.04. The van der Waals surface area contributed by atoms with Gasteiger partial charge in [0, 0.05) is 18.5 Å². The minimum Gasteiger partial charge on any atom is -0.512 e. The number of aliphatic hydroxyl groups excluding tert-OH is 1. The molecule has 0 aliphatic carbocycles. The first-order valence-electron chi connectivity index (χ1n) is 12.5. The molecular weight excluding hydrogens is 685 g/mol. The van der Waals surface area contributed by atoms with Gasteiger partial charge in [-0.25, -0.2) is 0 Å². The fraction of sp³-hybridized carbons (Fsp3) is 0.0556. The molecule has 0 fully saturated rings. The van der Waals surface area contributed by atoms with E-state index >= 15 is 0 Å². The van der Waals surface area contributed by atoms with Gasteiger partial charge in [-0.15, -0.1) is 71.8 Å². The second-order valence-corrected chi connectivity index (χ2v) is 8.71. The minimum atomic E-state index is -0.125. The van der Waals surface area contributed by atoms with Crippen molar-refractivity contribution in [3.05, 3.63) is 153 Å². The monoisotopic (exact) mass is 716 g/mol. The number of carbonyl (C=O) groups is 1. The third-order valence-electron chi connectivity index (χ3n) is 5.69. The average molecular weight is 716 g/mol. The Morgan fingerprint density at radius 1 is 0.659 bits per heavy atom. The smallest absolute Gasteiger partial charge is 0.512 e. The number of carbonyl (C=O) groups excluding carboxylic acids is 1. The van der Waals surface area contributed by atoms with Crippen molar-refractivity contribution in [2.24, 2.45) is 0 Å². The number of ketones is 1. The summed E-state index contributed by atoms with van der Waals surface area (Å²) in [5.74, 6) is -0.0625. The molecule has 4 nitrogen and oxygen atoms in total. The van der Waals surface area contributed by atoms with Crippen molar-refractivity contribution in [2.75, 3.05) is 0 Å². The van der Waals surface area contributed by atoms with Crippen LogP contribution in [0.2, 0.25) is 0 Å². The van der Waals surface area contributed by atoms with Crippen LogP contribution in [0.3, 0.4) is 0 Å². The van der Waals surface area contributed by atoms with E-state index in [2.05, 4.69) is 46.4 Å². The van der Waals surface area contributed by atoms with Gasteiger partial charge in [0.15, 0.2) is 5.78 Å². The van der Waals surface area contributed by atoms with Crippen LogP contribution in [0.4, 0.5) is 0 Å². The molecule has 2 heterocycles. The van der Waals surface area contributed by atoms with Gasteiger partial charge in [0.05, 0.1) is 5.76 Å². The Balaban J connectivity index is 0.000000226. The summed E-state index contributed by atoms with van der Waals surface area (Å²) in [5, 5.41) is 13.1. The van der Waals surface area contributed by atoms with Crippen molar-refractivity contribution >= 4 is 27.3 Å². The van der Waals surface area contributed by atoms with Gasteiger partial charge < -0.3 is 22.5 Å². The maximum Gasteiger partial charge on any atom is 3.00 e. The van der Waals surface area contributed by atoms with Gasteiger partial charge in [0.2, 0.25) is 0 Å². The summed E-state index contributed by atoms with van der Waals surface area (Å²) in [6.07, 6.45) is 4.86. The molecule has 4 aromatic carbocycles. The average Bonchev–Trinajstić information content (AvgIpc) is 2.97. The number of rotatable bonds is 3. The maximum absolute atomic E-state index is 10.0. The van der Waals surface area contributed by atoms with Crippen LogP contribution >= 0.6 is 0 Å². The van der Waals surface area contributed by atoms with Gasteiger partial charge in [0.1, 0.15) is 0 Å². The Hall–Kier alpha value is -4.44. The maximum atomic E-state index is 10.0. The molecule has 0 radical (unpaired) electrons. The molecule has 2 aromatic heterocycles. The first-order chi connectivity index (χ1) is 19.0. The van der Waals surface area contributed by atoms with E-state index in [-0.39, 0.29) is 39.1 Å². The van der Waals surface area contributed by atoms with Gasteiger partial charge in [0.25, 0.3) is 0 Å². The quantitative estimate of drug-likeness (QED) is 0.113. The van der Waals surface area contributed by atoms with E-state index in [0.29, 0.717) is 0 Å². The fourth-order valence-corrected chi connectivity index (χ4v) is 4.04. The Morgan fingerprint density at radius 2 is 1.07 bits per heavy atom. The number of pyridine rings is 2. The number of aromatic nitrogens is 2. The van der Waals surface area contributed by atoms with Crippen molar-refractivity contribution in [1.29, 1.82) is 0 Å². The van der Waals surface area contributed by atoms with Crippen LogP contribution in [0, 0.1) is 19.6 Å². The summed E-state index contributed by atoms with van der Waals surface area (Å²) in [7, 11) is 0. The summed E-state index contributed by atoms with van der Waals surface area (Å²) in [5.41, 5.74) is 4.08. The first-order valence-corrected chi connectivity index (χ1v) is 12.5. The Morgan fingerprint density at radius 3 is 1.41 bits per heavy atom. The molecule has 41 heavy (non-hydrogen) atoms. The van der Waals surface area contributed by atoms with E-state index in [1.165, 1.54) is 41.5 Å². The predicted molar refractivity (Wildman–Crippen MR) is 166 cm³/mol. The number of allylic oxidation sites excluding steroid dienone is 2. The molecule has 0 saturated heterocycles. The number of aliphatic hydroxyl groups is 1. The zero-order valence-electron chi connectivity index (χ0n) is 23.2. The van der Waals surface area contributed by atoms with Crippen LogP contribution in [-0.4, -0.2) is 20.9 Å². The molecule has 0 aliphatic rings. The molecule has 5 heteroatoms. The summed E-state index contributed by atoms with van der Waals surface area (Å²) in [6, 6.07) is 42.9. The molecule has 0 amide bonds. The van der Waals surface area contributed by atoms with Crippen molar-refractivity contribution in [1.82, 2.24) is 9.97 Å². The molecule has 6 aromatic rings. The van der Waals surface area contributed by atoms with Crippen molar-refractivity contribution in [3.8, 4) is 22.5 Å². The van der Waals surface area contributed by atoms with Crippen LogP contribution in [0.1, 0.15) is 13.8 Å². The zero-order valence-corrected chi connectivity index (χ0v) is 25.6. The van der Waals surface area contributed by atoms with Gasteiger partial charge in [-0.1, -0.05) is 48.5 Å². The van der Waals surface area contributed by atoms with Gasteiger partial charge in [-0.05, 0) is 58.9 Å². The number of benzene rings is 4. The van der Waals surface area contributed by atoms with E-state index < -0.39 is 0 Å². The van der Waals surface area contributed by atoms with Crippen LogP contribution in [0.5, 0.6) is 0 Å². The van der Waals surface area contributed by atoms with E-state index in [9.17, 15) is 4.79 Å². The number of fused-ring (bicyclic) bond motifs is 2. The largest absolute Gasteiger partial charge is 3.00 e. The molecule has 1 N–H and O–H groups in total. The van der Waals surface area contributed by atoms with Crippen molar-refractivity contribution in [3.63, 3.8) is 0 Å². The third kappa shape index (κ3) is 9.32. The molecule has 0 unspecified atom stereocenters. The van der Waals surface area contributed by atoms with Crippen LogP contribution in [0.25, 0.3) is 44.1 Å². The second kappa shape index (κ2) is 16.6. The predicted octanol–water partition coefficient (Wildman–Crippen LogP) is 8.89. The van der Waals surface area contributed by atoms with E-state index in [0.717, 1.165) is 22.5 Å². The van der Waals surface area contributed by atoms with E-state index in [4.69, 9.17) is 5.11 Å². The molecular formula is C36H31IrN2O2. The summed E-state index contributed by atoms with van der Waals surface area (Å²) >= 11 is 0. The Kier molecular flexibility index (Phi) is 13.3. The zero-order chi connectivity index (χ0) is 27.5. The molecule has 0 bridgehead atoms. The molecule has 6 rings (SSSR count). The van der Waals surface area contributed by atoms with Crippen molar-refractivity contribution < 1.29 is 30.0 Å². The summed E-state index contributed by atoms with van der Waals surface area (Å²) in [6.45, 7) is 2.85. The molecule has 0 aliphatic heterocycles. The van der Waals surface area contributed by atoms with Crippen LogP contribution < -0.4 is 0 Å². The topological polar surface area (TPSA) is 63.1 Å².